The molecular formula is C18H24F3N3O2. The van der Waals surface area contributed by atoms with E-state index in [1.807, 2.05) is 0 Å². The van der Waals surface area contributed by atoms with Gasteiger partial charge in [0.25, 0.3) is 0 Å². The first-order chi connectivity index (χ1) is 12.3. The highest BCUT2D eigenvalue weighted by Crippen LogP contribution is 2.17. The average Bonchev–Trinajstić information content (AvgIpc) is 2.60. The quantitative estimate of drug-likeness (QED) is 0.750. The first-order valence-electron chi connectivity index (χ1n) is 8.76. The van der Waals surface area contributed by atoms with E-state index in [4.69, 9.17) is 5.73 Å². The summed E-state index contributed by atoms with van der Waals surface area (Å²) in [6.45, 7) is 2.81. The van der Waals surface area contributed by atoms with Crippen LogP contribution in [-0.4, -0.2) is 41.9 Å². The standard InChI is InChI=1S/C18H24F3N3O2/c1-2-17(25)23-13-3-5-24(6-4-13)18(26)9-12(22)7-11-8-15(20)16(21)10-14(11)19/h8,10,12-13H,2-7,9,22H2,1H3,(H,23,25). The predicted octanol–water partition coefficient (Wildman–Crippen LogP) is 1.88. The van der Waals surface area contributed by atoms with Crippen LogP contribution in [0.2, 0.25) is 0 Å². The molecule has 0 bridgehead atoms. The molecule has 0 aliphatic carbocycles. The Morgan fingerprint density at radius 2 is 1.81 bits per heavy atom. The molecule has 1 heterocycles. The molecule has 1 saturated heterocycles. The molecule has 1 aliphatic heterocycles. The van der Waals surface area contributed by atoms with Gasteiger partial charge >= 0.3 is 0 Å². The molecule has 0 saturated carbocycles. The number of rotatable bonds is 6. The molecule has 1 aromatic rings. The largest absolute Gasteiger partial charge is 0.353 e. The van der Waals surface area contributed by atoms with Gasteiger partial charge in [-0.05, 0) is 30.9 Å². The molecule has 5 nitrogen and oxygen atoms in total. The molecule has 0 spiro atoms. The lowest BCUT2D eigenvalue weighted by Crippen LogP contribution is -2.47. The minimum Gasteiger partial charge on any atom is -0.353 e. The first kappa shape index (κ1) is 20.2. The number of nitrogens with two attached hydrogens (primary N) is 1. The van der Waals surface area contributed by atoms with Crippen LogP contribution in [0, 0.1) is 17.5 Å². The minimum atomic E-state index is -1.26. The van der Waals surface area contributed by atoms with Gasteiger partial charge in [0.2, 0.25) is 11.8 Å². The lowest BCUT2D eigenvalue weighted by molar-refractivity contribution is -0.132. The summed E-state index contributed by atoms with van der Waals surface area (Å²) in [6, 6.07) is 0.627. The van der Waals surface area contributed by atoms with Crippen molar-refractivity contribution in [3.63, 3.8) is 0 Å². The maximum atomic E-state index is 13.7. The molecule has 1 aliphatic rings. The van der Waals surface area contributed by atoms with Gasteiger partial charge in [-0.3, -0.25) is 9.59 Å². The number of hydrogen-bond donors (Lipinski definition) is 2. The number of likely N-dealkylation sites (tertiary alicyclic amines) is 1. The Balaban J connectivity index is 1.83. The summed E-state index contributed by atoms with van der Waals surface area (Å²) >= 11 is 0. The van der Waals surface area contributed by atoms with Crippen molar-refractivity contribution in [3.8, 4) is 0 Å². The first-order valence-corrected chi connectivity index (χ1v) is 8.76. The molecule has 1 aromatic carbocycles. The van der Waals surface area contributed by atoms with Crippen molar-refractivity contribution in [2.75, 3.05) is 13.1 Å². The van der Waals surface area contributed by atoms with Crippen molar-refractivity contribution in [1.82, 2.24) is 10.2 Å². The van der Waals surface area contributed by atoms with E-state index in [9.17, 15) is 22.8 Å². The number of hydrogen-bond acceptors (Lipinski definition) is 3. The van der Waals surface area contributed by atoms with Gasteiger partial charge < -0.3 is 16.0 Å². The summed E-state index contributed by atoms with van der Waals surface area (Å²) in [6.07, 6.45) is 1.70. The number of carbonyl (C=O) groups is 2. The number of piperidine rings is 1. The normalized spacial score (nSPS) is 16.4. The predicted molar refractivity (Wildman–Crippen MR) is 90.6 cm³/mol. The Morgan fingerprint density at radius 3 is 2.42 bits per heavy atom. The Morgan fingerprint density at radius 1 is 1.19 bits per heavy atom. The molecule has 8 heteroatoms. The van der Waals surface area contributed by atoms with Crippen LogP contribution in [0.1, 0.15) is 38.2 Å². The fourth-order valence-electron chi connectivity index (χ4n) is 3.03. The molecule has 2 amide bonds. The Kier molecular flexibility index (Phi) is 7.02. The molecule has 1 unspecified atom stereocenters. The van der Waals surface area contributed by atoms with E-state index in [0.717, 1.165) is 6.07 Å². The van der Waals surface area contributed by atoms with Crippen molar-refractivity contribution < 1.29 is 22.8 Å². The number of carbonyl (C=O) groups excluding carboxylic acids is 2. The van der Waals surface area contributed by atoms with Gasteiger partial charge in [0.15, 0.2) is 11.6 Å². The van der Waals surface area contributed by atoms with Gasteiger partial charge in [0.05, 0.1) is 0 Å². The summed E-state index contributed by atoms with van der Waals surface area (Å²) < 4.78 is 39.8. The number of nitrogens with one attached hydrogen (secondary N) is 1. The highest BCUT2D eigenvalue weighted by Gasteiger charge is 2.25. The van der Waals surface area contributed by atoms with Gasteiger partial charge in [-0.25, -0.2) is 13.2 Å². The number of nitrogens with zero attached hydrogens (tertiary/aromatic N) is 1. The van der Waals surface area contributed by atoms with Crippen LogP contribution in [0.15, 0.2) is 12.1 Å². The third kappa shape index (κ3) is 5.45. The molecular weight excluding hydrogens is 347 g/mol. The molecule has 26 heavy (non-hydrogen) atoms. The van der Waals surface area contributed by atoms with Crippen LogP contribution in [0.3, 0.4) is 0 Å². The summed E-state index contributed by atoms with van der Waals surface area (Å²) in [5.41, 5.74) is 5.84. The second-order valence-corrected chi connectivity index (χ2v) is 6.60. The molecule has 144 valence electrons. The number of halogens is 3. The Bertz CT molecular complexity index is 661. The van der Waals surface area contributed by atoms with Crippen LogP contribution in [0.5, 0.6) is 0 Å². The van der Waals surface area contributed by atoms with E-state index in [-0.39, 0.29) is 36.3 Å². The molecule has 0 radical (unpaired) electrons. The average molecular weight is 371 g/mol. The van der Waals surface area contributed by atoms with Crippen LogP contribution < -0.4 is 11.1 Å². The zero-order valence-corrected chi connectivity index (χ0v) is 14.7. The molecule has 3 N–H and O–H groups in total. The third-order valence-electron chi connectivity index (χ3n) is 4.54. The summed E-state index contributed by atoms with van der Waals surface area (Å²) in [7, 11) is 0. The molecule has 1 fully saturated rings. The topological polar surface area (TPSA) is 75.4 Å². The highest BCUT2D eigenvalue weighted by molar-refractivity contribution is 5.77. The van der Waals surface area contributed by atoms with Gasteiger partial charge in [0, 0.05) is 44.1 Å². The van der Waals surface area contributed by atoms with Gasteiger partial charge in [-0.2, -0.15) is 0 Å². The Hall–Kier alpha value is -2.09. The monoisotopic (exact) mass is 371 g/mol. The van der Waals surface area contributed by atoms with Crippen LogP contribution in [-0.2, 0) is 16.0 Å². The lowest BCUT2D eigenvalue weighted by Gasteiger charge is -2.33. The van der Waals surface area contributed by atoms with E-state index in [1.165, 1.54) is 0 Å². The smallest absolute Gasteiger partial charge is 0.224 e. The van der Waals surface area contributed by atoms with Gasteiger partial charge in [-0.1, -0.05) is 6.92 Å². The zero-order valence-electron chi connectivity index (χ0n) is 14.7. The summed E-state index contributed by atoms with van der Waals surface area (Å²) in [5.74, 6) is -3.45. The van der Waals surface area contributed by atoms with Gasteiger partial charge in [-0.15, -0.1) is 0 Å². The van der Waals surface area contributed by atoms with Crippen molar-refractivity contribution in [2.24, 2.45) is 5.73 Å². The minimum absolute atomic E-state index is 0.00893. The molecule has 1 atom stereocenters. The van der Waals surface area contributed by atoms with Crippen molar-refractivity contribution in [1.29, 1.82) is 0 Å². The fraction of sp³-hybridized carbons (Fsp3) is 0.556. The number of benzene rings is 1. The second kappa shape index (κ2) is 9.02. The van der Waals surface area contributed by atoms with Gasteiger partial charge in [0.1, 0.15) is 5.82 Å². The third-order valence-corrected chi connectivity index (χ3v) is 4.54. The number of amides is 2. The van der Waals surface area contributed by atoms with Crippen LogP contribution in [0.4, 0.5) is 13.2 Å². The summed E-state index contributed by atoms with van der Waals surface area (Å²) in [4.78, 5) is 25.4. The highest BCUT2D eigenvalue weighted by atomic mass is 19.2. The fourth-order valence-corrected chi connectivity index (χ4v) is 3.03. The zero-order chi connectivity index (χ0) is 19.3. The van der Waals surface area contributed by atoms with E-state index in [2.05, 4.69) is 5.32 Å². The maximum Gasteiger partial charge on any atom is 0.224 e. The summed E-state index contributed by atoms with van der Waals surface area (Å²) in [5, 5.41) is 2.91. The SMILES string of the molecule is CCC(=O)NC1CCN(C(=O)CC(N)Cc2cc(F)c(F)cc2F)CC1. The van der Waals surface area contributed by atoms with E-state index in [0.29, 0.717) is 38.4 Å². The van der Waals surface area contributed by atoms with Crippen molar-refractivity contribution in [3.05, 3.63) is 35.1 Å². The van der Waals surface area contributed by atoms with Crippen LogP contribution >= 0.6 is 0 Å². The van der Waals surface area contributed by atoms with E-state index < -0.39 is 23.5 Å². The molecule has 0 aromatic heterocycles. The second-order valence-electron chi connectivity index (χ2n) is 6.60. The molecule has 2 rings (SSSR count). The maximum absolute atomic E-state index is 13.7. The van der Waals surface area contributed by atoms with Crippen LogP contribution in [0.25, 0.3) is 0 Å². The van der Waals surface area contributed by atoms with E-state index >= 15 is 0 Å². The van der Waals surface area contributed by atoms with E-state index in [1.54, 1.807) is 11.8 Å². The van der Waals surface area contributed by atoms with Crippen molar-refractivity contribution >= 4 is 11.8 Å². The van der Waals surface area contributed by atoms with Crippen molar-refractivity contribution in [2.45, 2.75) is 51.1 Å². The lowest BCUT2D eigenvalue weighted by atomic mass is 10.0. The Labute approximate surface area is 150 Å².